The minimum atomic E-state index is -0.631. The van der Waals surface area contributed by atoms with Gasteiger partial charge in [-0.25, -0.2) is 0 Å². The Hall–Kier alpha value is -2.82. The summed E-state index contributed by atoms with van der Waals surface area (Å²) in [5.74, 6) is -0.120. The van der Waals surface area contributed by atoms with Crippen LogP contribution >= 0.6 is 0 Å². The number of benzene rings is 2. The summed E-state index contributed by atoms with van der Waals surface area (Å²) in [6.07, 6.45) is 2.42. The fourth-order valence-corrected chi connectivity index (χ4v) is 3.15. The second-order valence-corrected chi connectivity index (χ2v) is 6.30. The molecule has 1 aliphatic rings. The average Bonchev–Trinajstić information content (AvgIpc) is 2.62. The fourth-order valence-electron chi connectivity index (χ4n) is 3.15. The van der Waals surface area contributed by atoms with Gasteiger partial charge in [-0.3, -0.25) is 9.59 Å². The number of hydrogen-bond donors (Lipinski definition) is 2. The van der Waals surface area contributed by atoms with Gasteiger partial charge in [-0.2, -0.15) is 0 Å². The number of fused-ring (bicyclic) bond motifs is 1. The molecule has 0 saturated heterocycles. The summed E-state index contributed by atoms with van der Waals surface area (Å²) in [5, 5.41) is 3.09. The Morgan fingerprint density at radius 1 is 1.16 bits per heavy atom. The normalized spacial score (nSPS) is 17.2. The lowest BCUT2D eigenvalue weighted by Gasteiger charge is -2.27. The van der Waals surface area contributed by atoms with Crippen molar-refractivity contribution in [3.63, 3.8) is 0 Å². The molecule has 0 saturated carbocycles. The van der Waals surface area contributed by atoms with Gasteiger partial charge in [0.05, 0.1) is 6.04 Å². The van der Waals surface area contributed by atoms with E-state index in [2.05, 4.69) is 17.4 Å². The maximum atomic E-state index is 12.5. The molecule has 0 aromatic heterocycles. The monoisotopic (exact) mass is 338 g/mol. The third-order valence-electron chi connectivity index (χ3n) is 4.51. The number of nitrogens with one attached hydrogen (secondary N) is 1. The van der Waals surface area contributed by atoms with Crippen molar-refractivity contribution in [3.8, 4) is 5.75 Å². The van der Waals surface area contributed by atoms with Gasteiger partial charge in [0.1, 0.15) is 5.75 Å². The first kappa shape index (κ1) is 17.0. The Bertz CT molecular complexity index is 771. The highest BCUT2D eigenvalue weighted by atomic mass is 16.5. The van der Waals surface area contributed by atoms with Gasteiger partial charge in [0, 0.05) is 5.56 Å². The van der Waals surface area contributed by atoms with Gasteiger partial charge < -0.3 is 15.8 Å². The molecule has 0 aliphatic heterocycles. The van der Waals surface area contributed by atoms with Gasteiger partial charge >= 0.3 is 0 Å². The number of carbonyl (C=O) groups excluding carboxylic acids is 2. The van der Waals surface area contributed by atoms with Crippen molar-refractivity contribution in [1.29, 1.82) is 0 Å². The summed E-state index contributed by atoms with van der Waals surface area (Å²) in [6, 6.07) is 14.7. The number of ether oxygens (including phenoxy) is 1. The van der Waals surface area contributed by atoms with Crippen LogP contribution in [0.3, 0.4) is 0 Å². The van der Waals surface area contributed by atoms with E-state index in [0.717, 1.165) is 19.3 Å². The molecule has 2 atom stereocenters. The van der Waals surface area contributed by atoms with E-state index < -0.39 is 12.0 Å². The van der Waals surface area contributed by atoms with Crippen molar-refractivity contribution in [2.45, 2.75) is 38.3 Å². The number of amides is 2. The van der Waals surface area contributed by atoms with Gasteiger partial charge in [0.25, 0.3) is 5.91 Å². The van der Waals surface area contributed by atoms with Gasteiger partial charge in [0.15, 0.2) is 6.10 Å². The third-order valence-corrected chi connectivity index (χ3v) is 4.51. The topological polar surface area (TPSA) is 81.4 Å². The zero-order valence-electron chi connectivity index (χ0n) is 14.2. The smallest absolute Gasteiger partial charge is 0.261 e. The zero-order valence-corrected chi connectivity index (χ0v) is 14.2. The molecule has 0 heterocycles. The number of nitrogens with two attached hydrogens (primary N) is 1. The number of hydrogen-bond acceptors (Lipinski definition) is 3. The van der Waals surface area contributed by atoms with E-state index in [4.69, 9.17) is 10.5 Å². The van der Waals surface area contributed by atoms with E-state index >= 15 is 0 Å². The van der Waals surface area contributed by atoms with Crippen LogP contribution in [0.25, 0.3) is 0 Å². The van der Waals surface area contributed by atoms with Crippen LogP contribution in [0.1, 0.15) is 47.3 Å². The standard InChI is InChI=1S/C20H22N2O3/c1-13(25-16-11-9-15(10-12-16)19(21)23)20(24)22-18-8-4-6-14-5-2-3-7-17(14)18/h2-3,5,7,9-13,18H,4,6,8H2,1H3,(H2,21,23)(H,22,24)/t13-,18-/m1/s1. The second kappa shape index (κ2) is 7.38. The molecule has 25 heavy (non-hydrogen) atoms. The SMILES string of the molecule is C[C@@H](Oc1ccc(C(N)=O)cc1)C(=O)N[C@@H]1CCCc2ccccc21. The second-order valence-electron chi connectivity index (χ2n) is 6.30. The molecular weight excluding hydrogens is 316 g/mol. The van der Waals surface area contributed by atoms with Crippen molar-refractivity contribution < 1.29 is 14.3 Å². The van der Waals surface area contributed by atoms with Crippen LogP contribution in [0.4, 0.5) is 0 Å². The summed E-state index contributed by atoms with van der Waals surface area (Å²) in [4.78, 5) is 23.6. The first-order chi connectivity index (χ1) is 12.0. The first-order valence-corrected chi connectivity index (χ1v) is 8.49. The number of carbonyl (C=O) groups is 2. The predicted octanol–water partition coefficient (Wildman–Crippen LogP) is 2.75. The largest absolute Gasteiger partial charge is 0.481 e. The molecule has 0 fully saturated rings. The predicted molar refractivity (Wildman–Crippen MR) is 95.3 cm³/mol. The lowest BCUT2D eigenvalue weighted by molar-refractivity contribution is -0.128. The summed E-state index contributed by atoms with van der Waals surface area (Å²) in [6.45, 7) is 1.71. The molecule has 3 rings (SSSR count). The molecule has 2 amide bonds. The zero-order chi connectivity index (χ0) is 17.8. The highest BCUT2D eigenvalue weighted by Crippen LogP contribution is 2.29. The minimum Gasteiger partial charge on any atom is -0.481 e. The fraction of sp³-hybridized carbons (Fsp3) is 0.300. The van der Waals surface area contributed by atoms with Gasteiger partial charge in [-0.15, -0.1) is 0 Å². The van der Waals surface area contributed by atoms with E-state index in [1.807, 2.05) is 12.1 Å². The highest BCUT2D eigenvalue weighted by Gasteiger charge is 2.24. The van der Waals surface area contributed by atoms with E-state index in [1.165, 1.54) is 11.1 Å². The molecule has 0 radical (unpaired) electrons. The Morgan fingerprint density at radius 3 is 2.60 bits per heavy atom. The highest BCUT2D eigenvalue weighted by molar-refractivity contribution is 5.92. The maximum absolute atomic E-state index is 12.5. The minimum absolute atomic E-state index is 0.0285. The van der Waals surface area contributed by atoms with Crippen molar-refractivity contribution in [2.24, 2.45) is 5.73 Å². The molecule has 2 aromatic rings. The molecule has 0 bridgehead atoms. The summed E-state index contributed by atoms with van der Waals surface area (Å²) < 4.78 is 5.68. The Labute approximate surface area is 147 Å². The van der Waals surface area contributed by atoms with Gasteiger partial charge in [0.2, 0.25) is 5.91 Å². The quantitative estimate of drug-likeness (QED) is 0.879. The van der Waals surface area contributed by atoms with Crippen molar-refractivity contribution >= 4 is 11.8 Å². The molecular formula is C20H22N2O3. The van der Waals surface area contributed by atoms with Crippen molar-refractivity contribution in [2.75, 3.05) is 0 Å². The van der Waals surface area contributed by atoms with Gasteiger partial charge in [-0.05, 0) is 61.6 Å². The molecule has 0 spiro atoms. The molecule has 5 nitrogen and oxygen atoms in total. The Kier molecular flexibility index (Phi) is 5.03. The van der Waals surface area contributed by atoms with Crippen LogP contribution in [0.15, 0.2) is 48.5 Å². The van der Waals surface area contributed by atoms with Crippen molar-refractivity contribution in [3.05, 3.63) is 65.2 Å². The lowest BCUT2D eigenvalue weighted by Crippen LogP contribution is -2.39. The molecule has 3 N–H and O–H groups in total. The summed E-state index contributed by atoms with van der Waals surface area (Å²) in [5.41, 5.74) is 8.11. The molecule has 2 aromatic carbocycles. The van der Waals surface area contributed by atoms with Gasteiger partial charge in [-0.1, -0.05) is 24.3 Å². The molecule has 1 aliphatic carbocycles. The average molecular weight is 338 g/mol. The lowest BCUT2D eigenvalue weighted by atomic mass is 9.87. The van der Waals surface area contributed by atoms with Crippen LogP contribution in [0.5, 0.6) is 5.75 Å². The van der Waals surface area contributed by atoms with Crippen LogP contribution in [-0.4, -0.2) is 17.9 Å². The summed E-state index contributed by atoms with van der Waals surface area (Å²) >= 11 is 0. The van der Waals surface area contributed by atoms with E-state index in [1.54, 1.807) is 31.2 Å². The van der Waals surface area contributed by atoms with Crippen molar-refractivity contribution in [1.82, 2.24) is 5.32 Å². The summed E-state index contributed by atoms with van der Waals surface area (Å²) in [7, 11) is 0. The molecule has 130 valence electrons. The van der Waals surface area contributed by atoms with Crippen LogP contribution in [0, 0.1) is 0 Å². The first-order valence-electron chi connectivity index (χ1n) is 8.49. The van der Waals surface area contributed by atoms with E-state index in [9.17, 15) is 9.59 Å². The Morgan fingerprint density at radius 2 is 1.88 bits per heavy atom. The third kappa shape index (κ3) is 3.99. The van der Waals surface area contributed by atoms with Crippen LogP contribution in [0.2, 0.25) is 0 Å². The van der Waals surface area contributed by atoms with Crippen LogP contribution in [-0.2, 0) is 11.2 Å². The number of aryl methyl sites for hydroxylation is 1. The van der Waals surface area contributed by atoms with Crippen LogP contribution < -0.4 is 15.8 Å². The molecule has 0 unspecified atom stereocenters. The van der Waals surface area contributed by atoms with E-state index in [0.29, 0.717) is 11.3 Å². The maximum Gasteiger partial charge on any atom is 0.261 e. The Balaban J connectivity index is 1.62. The number of rotatable bonds is 5. The number of primary amides is 1. The molecule has 5 heteroatoms. The van der Waals surface area contributed by atoms with E-state index in [-0.39, 0.29) is 11.9 Å².